The van der Waals surface area contributed by atoms with Crippen molar-refractivity contribution in [3.05, 3.63) is 90.0 Å². The van der Waals surface area contributed by atoms with Gasteiger partial charge in [-0.15, -0.1) is 0 Å². The van der Waals surface area contributed by atoms with E-state index in [-0.39, 0.29) is 11.9 Å². The lowest BCUT2D eigenvalue weighted by atomic mass is 10.1. The summed E-state index contributed by atoms with van der Waals surface area (Å²) in [7, 11) is 0. The van der Waals surface area contributed by atoms with Gasteiger partial charge in [0.25, 0.3) is 0 Å². The number of aryl methyl sites for hydroxylation is 1. The van der Waals surface area contributed by atoms with Gasteiger partial charge in [-0.3, -0.25) is 4.79 Å². The van der Waals surface area contributed by atoms with E-state index in [4.69, 9.17) is 0 Å². The zero-order valence-electron chi connectivity index (χ0n) is 15.0. The quantitative estimate of drug-likeness (QED) is 0.611. The number of para-hydroxylation sites is 1. The molecule has 0 aromatic heterocycles. The third kappa shape index (κ3) is 5.44. The molecule has 136 valence electrons. The molecule has 0 unspecified atom stereocenters. The molecule has 0 bridgehead atoms. The van der Waals surface area contributed by atoms with E-state index in [0.29, 0.717) is 17.8 Å². The van der Waals surface area contributed by atoms with Crippen molar-refractivity contribution in [2.45, 2.75) is 13.3 Å². The van der Waals surface area contributed by atoms with E-state index in [2.05, 4.69) is 16.0 Å². The fourth-order valence-electron chi connectivity index (χ4n) is 2.64. The SMILES string of the molecule is Cc1ccccc1CC(=O)Nc1ccc(NC(=O)Nc2ccccc2)cc1. The van der Waals surface area contributed by atoms with E-state index < -0.39 is 0 Å². The Morgan fingerprint density at radius 3 is 1.81 bits per heavy atom. The van der Waals surface area contributed by atoms with E-state index in [1.54, 1.807) is 24.3 Å². The van der Waals surface area contributed by atoms with Crippen molar-refractivity contribution in [3.63, 3.8) is 0 Å². The molecule has 0 aliphatic heterocycles. The normalized spacial score (nSPS) is 10.1. The highest BCUT2D eigenvalue weighted by Gasteiger charge is 2.07. The molecule has 5 heteroatoms. The van der Waals surface area contributed by atoms with Crippen LogP contribution in [0.1, 0.15) is 11.1 Å². The molecule has 3 N–H and O–H groups in total. The maximum absolute atomic E-state index is 12.2. The van der Waals surface area contributed by atoms with Gasteiger partial charge in [0.05, 0.1) is 6.42 Å². The number of hydrogen-bond donors (Lipinski definition) is 3. The van der Waals surface area contributed by atoms with Crippen molar-refractivity contribution >= 4 is 29.0 Å². The van der Waals surface area contributed by atoms with Crippen LogP contribution in [-0.4, -0.2) is 11.9 Å². The third-order valence-electron chi connectivity index (χ3n) is 4.07. The van der Waals surface area contributed by atoms with Crippen molar-refractivity contribution < 1.29 is 9.59 Å². The summed E-state index contributed by atoms with van der Waals surface area (Å²) in [6.45, 7) is 1.99. The monoisotopic (exact) mass is 359 g/mol. The van der Waals surface area contributed by atoms with Crippen molar-refractivity contribution in [1.29, 1.82) is 0 Å². The summed E-state index contributed by atoms with van der Waals surface area (Å²) in [5.74, 6) is -0.0770. The van der Waals surface area contributed by atoms with Crippen LogP contribution in [0, 0.1) is 6.92 Å². The van der Waals surface area contributed by atoms with Crippen LogP contribution in [0.15, 0.2) is 78.9 Å². The summed E-state index contributed by atoms with van der Waals surface area (Å²) in [5.41, 5.74) is 4.14. The van der Waals surface area contributed by atoms with E-state index in [1.165, 1.54) is 0 Å². The number of hydrogen-bond acceptors (Lipinski definition) is 2. The second-order valence-corrected chi connectivity index (χ2v) is 6.17. The lowest BCUT2D eigenvalue weighted by molar-refractivity contribution is -0.115. The summed E-state index contributed by atoms with van der Waals surface area (Å²) in [4.78, 5) is 24.2. The van der Waals surface area contributed by atoms with Gasteiger partial charge in [0.2, 0.25) is 5.91 Å². The van der Waals surface area contributed by atoms with Crippen LogP contribution in [0.25, 0.3) is 0 Å². The zero-order valence-corrected chi connectivity index (χ0v) is 15.0. The van der Waals surface area contributed by atoms with Crippen LogP contribution >= 0.6 is 0 Å². The minimum atomic E-state index is -0.322. The molecule has 0 saturated heterocycles. The fraction of sp³-hybridized carbons (Fsp3) is 0.0909. The van der Waals surface area contributed by atoms with Crippen molar-refractivity contribution in [3.8, 4) is 0 Å². The van der Waals surface area contributed by atoms with Gasteiger partial charge in [-0.2, -0.15) is 0 Å². The van der Waals surface area contributed by atoms with Gasteiger partial charge in [-0.25, -0.2) is 4.79 Å². The molecular weight excluding hydrogens is 338 g/mol. The van der Waals surface area contributed by atoms with Gasteiger partial charge in [0, 0.05) is 17.1 Å². The van der Waals surface area contributed by atoms with Crippen LogP contribution in [-0.2, 0) is 11.2 Å². The van der Waals surface area contributed by atoms with Gasteiger partial charge >= 0.3 is 6.03 Å². The highest BCUT2D eigenvalue weighted by molar-refractivity contribution is 6.00. The van der Waals surface area contributed by atoms with Crippen LogP contribution < -0.4 is 16.0 Å². The molecule has 0 atom stereocenters. The summed E-state index contributed by atoms with van der Waals surface area (Å²) in [5, 5.41) is 8.38. The Balaban J connectivity index is 1.53. The fourth-order valence-corrected chi connectivity index (χ4v) is 2.64. The second-order valence-electron chi connectivity index (χ2n) is 6.17. The summed E-state index contributed by atoms with van der Waals surface area (Å²) in [6, 6.07) is 23.7. The molecular formula is C22H21N3O2. The number of carbonyl (C=O) groups is 2. The van der Waals surface area contributed by atoms with Crippen LogP contribution in [0.3, 0.4) is 0 Å². The molecule has 0 spiro atoms. The van der Waals surface area contributed by atoms with Gasteiger partial charge in [-0.1, -0.05) is 42.5 Å². The van der Waals surface area contributed by atoms with Gasteiger partial charge in [0.1, 0.15) is 0 Å². The van der Waals surface area contributed by atoms with Crippen molar-refractivity contribution in [2.75, 3.05) is 16.0 Å². The topological polar surface area (TPSA) is 70.2 Å². The Bertz CT molecular complexity index is 922. The van der Waals surface area contributed by atoms with Crippen LogP contribution in [0.2, 0.25) is 0 Å². The minimum absolute atomic E-state index is 0.0770. The Labute approximate surface area is 158 Å². The van der Waals surface area contributed by atoms with Crippen LogP contribution in [0.4, 0.5) is 21.9 Å². The van der Waals surface area contributed by atoms with Gasteiger partial charge in [0.15, 0.2) is 0 Å². The molecule has 0 fully saturated rings. The molecule has 5 nitrogen and oxygen atoms in total. The predicted molar refractivity (Wildman–Crippen MR) is 109 cm³/mol. The third-order valence-corrected chi connectivity index (χ3v) is 4.07. The number of amides is 3. The van der Waals surface area contributed by atoms with Crippen LogP contribution in [0.5, 0.6) is 0 Å². The van der Waals surface area contributed by atoms with E-state index >= 15 is 0 Å². The smallest absolute Gasteiger partial charge is 0.323 e. The molecule has 27 heavy (non-hydrogen) atoms. The largest absolute Gasteiger partial charge is 0.326 e. The zero-order chi connectivity index (χ0) is 19.1. The summed E-state index contributed by atoms with van der Waals surface area (Å²) >= 11 is 0. The molecule has 0 saturated carbocycles. The molecule has 3 rings (SSSR count). The first-order chi connectivity index (χ1) is 13.1. The highest BCUT2D eigenvalue weighted by atomic mass is 16.2. The van der Waals surface area contributed by atoms with Gasteiger partial charge in [-0.05, 0) is 54.4 Å². The Morgan fingerprint density at radius 1 is 0.667 bits per heavy atom. The number of rotatable bonds is 5. The van der Waals surface area contributed by atoms with Crippen molar-refractivity contribution in [2.24, 2.45) is 0 Å². The summed E-state index contributed by atoms with van der Waals surface area (Å²) < 4.78 is 0. The highest BCUT2D eigenvalue weighted by Crippen LogP contribution is 2.15. The first-order valence-electron chi connectivity index (χ1n) is 8.67. The average molecular weight is 359 g/mol. The number of benzene rings is 3. The molecule has 0 aliphatic rings. The van der Waals surface area contributed by atoms with E-state index in [1.807, 2.05) is 61.5 Å². The number of nitrogens with one attached hydrogen (secondary N) is 3. The standard InChI is InChI=1S/C22H21N3O2/c1-16-7-5-6-8-17(16)15-21(26)23-19-11-13-20(14-12-19)25-22(27)24-18-9-3-2-4-10-18/h2-14H,15H2,1H3,(H,23,26)(H2,24,25,27). The second kappa shape index (κ2) is 8.67. The molecule has 0 heterocycles. The Hall–Kier alpha value is -3.60. The molecule has 3 aromatic carbocycles. The Kier molecular flexibility index (Phi) is 5.84. The molecule has 3 amide bonds. The lowest BCUT2D eigenvalue weighted by Crippen LogP contribution is -2.19. The van der Waals surface area contributed by atoms with Gasteiger partial charge < -0.3 is 16.0 Å². The first kappa shape index (κ1) is 18.2. The first-order valence-corrected chi connectivity index (χ1v) is 8.67. The molecule has 0 aliphatic carbocycles. The summed E-state index contributed by atoms with van der Waals surface area (Å²) in [6.07, 6.45) is 0.326. The maximum Gasteiger partial charge on any atom is 0.323 e. The van der Waals surface area contributed by atoms with E-state index in [9.17, 15) is 9.59 Å². The number of carbonyl (C=O) groups excluding carboxylic acids is 2. The Morgan fingerprint density at radius 2 is 1.19 bits per heavy atom. The minimum Gasteiger partial charge on any atom is -0.326 e. The lowest BCUT2D eigenvalue weighted by Gasteiger charge is -2.10. The predicted octanol–water partition coefficient (Wildman–Crippen LogP) is 4.82. The number of anilines is 3. The van der Waals surface area contributed by atoms with Crippen molar-refractivity contribution in [1.82, 2.24) is 0 Å². The molecule has 3 aromatic rings. The average Bonchev–Trinajstić information content (AvgIpc) is 2.66. The maximum atomic E-state index is 12.2. The van der Waals surface area contributed by atoms with E-state index in [0.717, 1.165) is 16.8 Å². The molecule has 0 radical (unpaired) electrons. The number of urea groups is 1.